The van der Waals surface area contributed by atoms with Gasteiger partial charge in [0.05, 0.1) is 18.7 Å². The molecule has 6 nitrogen and oxygen atoms in total. The standard InChI is InChI=1S/C26H23FN2O4/c1-16-14-18(7-10-21(16)33-2)24(30)22-23(19-4-3-12-28-15-19)29(26(32)25(22)31)13-11-17-5-8-20(27)9-6-17/h3-10,12,14-15,23,30H,11,13H2,1-2H3/b24-22-. The summed E-state index contributed by atoms with van der Waals surface area (Å²) in [6.07, 6.45) is 3.60. The van der Waals surface area contributed by atoms with Crippen molar-refractivity contribution in [1.29, 1.82) is 0 Å². The van der Waals surface area contributed by atoms with Crippen LogP contribution in [0.3, 0.4) is 0 Å². The number of aliphatic hydroxyl groups excluding tert-OH is 1. The number of Topliss-reactive ketones (excluding diaryl/α,β-unsaturated/α-hetero) is 1. The van der Waals surface area contributed by atoms with Crippen LogP contribution in [0.4, 0.5) is 4.39 Å². The highest BCUT2D eigenvalue weighted by molar-refractivity contribution is 6.46. The number of hydrogen-bond acceptors (Lipinski definition) is 5. The number of aliphatic hydroxyl groups is 1. The van der Waals surface area contributed by atoms with Crippen molar-refractivity contribution in [1.82, 2.24) is 9.88 Å². The molecule has 0 aliphatic carbocycles. The topological polar surface area (TPSA) is 79.7 Å². The number of methoxy groups -OCH3 is 1. The number of ether oxygens (including phenoxy) is 1. The van der Waals surface area contributed by atoms with Crippen molar-refractivity contribution in [3.8, 4) is 5.75 Å². The van der Waals surface area contributed by atoms with Crippen LogP contribution >= 0.6 is 0 Å². The quantitative estimate of drug-likeness (QED) is 0.349. The zero-order valence-electron chi connectivity index (χ0n) is 18.3. The maximum absolute atomic E-state index is 13.2. The normalized spacial score (nSPS) is 17.4. The molecule has 168 valence electrons. The summed E-state index contributed by atoms with van der Waals surface area (Å²) in [6, 6.07) is 13.7. The molecule has 0 saturated carbocycles. The van der Waals surface area contributed by atoms with Crippen LogP contribution in [0.15, 0.2) is 72.6 Å². The molecule has 3 aromatic rings. The van der Waals surface area contributed by atoms with Gasteiger partial charge in [-0.25, -0.2) is 4.39 Å². The molecule has 4 rings (SSSR count). The van der Waals surface area contributed by atoms with E-state index in [2.05, 4.69) is 4.98 Å². The summed E-state index contributed by atoms with van der Waals surface area (Å²) in [5.41, 5.74) is 2.65. The second-order valence-electron chi connectivity index (χ2n) is 7.84. The van der Waals surface area contributed by atoms with Crippen LogP contribution in [-0.4, -0.2) is 40.3 Å². The van der Waals surface area contributed by atoms with Gasteiger partial charge in [-0.05, 0) is 66.4 Å². The lowest BCUT2D eigenvalue weighted by atomic mass is 9.95. The van der Waals surface area contributed by atoms with E-state index in [0.29, 0.717) is 23.3 Å². The number of likely N-dealkylation sites (tertiary alicyclic amines) is 1. The molecule has 1 fully saturated rings. The summed E-state index contributed by atoms with van der Waals surface area (Å²) in [5, 5.41) is 11.1. The number of rotatable bonds is 6. The number of nitrogens with zero attached hydrogens (tertiary/aromatic N) is 2. The Balaban J connectivity index is 1.76. The zero-order valence-corrected chi connectivity index (χ0v) is 18.3. The van der Waals surface area contributed by atoms with Gasteiger partial charge in [-0.3, -0.25) is 14.6 Å². The molecule has 1 aromatic heterocycles. The monoisotopic (exact) mass is 446 g/mol. The van der Waals surface area contributed by atoms with Gasteiger partial charge in [0.25, 0.3) is 11.7 Å². The number of amides is 1. The Morgan fingerprint density at radius 3 is 2.55 bits per heavy atom. The van der Waals surface area contributed by atoms with Crippen molar-refractivity contribution in [3.63, 3.8) is 0 Å². The van der Waals surface area contributed by atoms with Crippen LogP contribution in [0.5, 0.6) is 5.75 Å². The number of carbonyl (C=O) groups excluding carboxylic acids is 2. The first-order chi connectivity index (χ1) is 15.9. The zero-order chi connectivity index (χ0) is 23.5. The van der Waals surface area contributed by atoms with Gasteiger partial charge in [-0.1, -0.05) is 18.2 Å². The number of benzene rings is 2. The number of ketones is 1. The number of pyridine rings is 1. The fraction of sp³-hybridized carbons (Fsp3) is 0.192. The summed E-state index contributed by atoms with van der Waals surface area (Å²) in [6.45, 7) is 2.05. The summed E-state index contributed by atoms with van der Waals surface area (Å²) in [5.74, 6) is -1.40. The molecule has 1 N–H and O–H groups in total. The van der Waals surface area contributed by atoms with Gasteiger partial charge < -0.3 is 14.7 Å². The Morgan fingerprint density at radius 1 is 1.15 bits per heavy atom. The fourth-order valence-electron chi connectivity index (χ4n) is 4.08. The molecule has 2 aromatic carbocycles. The molecule has 33 heavy (non-hydrogen) atoms. The van der Waals surface area contributed by atoms with E-state index in [9.17, 15) is 19.1 Å². The molecule has 1 atom stereocenters. The van der Waals surface area contributed by atoms with E-state index in [1.54, 1.807) is 62.0 Å². The lowest BCUT2D eigenvalue weighted by Gasteiger charge is -2.25. The Kier molecular flexibility index (Phi) is 6.22. The Labute approximate surface area is 191 Å². The van der Waals surface area contributed by atoms with E-state index in [1.165, 1.54) is 17.0 Å². The van der Waals surface area contributed by atoms with Gasteiger partial charge in [-0.15, -0.1) is 0 Å². The fourth-order valence-corrected chi connectivity index (χ4v) is 4.08. The van der Waals surface area contributed by atoms with E-state index in [0.717, 1.165) is 11.1 Å². The molecule has 0 spiro atoms. The third kappa shape index (κ3) is 4.35. The van der Waals surface area contributed by atoms with Gasteiger partial charge >= 0.3 is 0 Å². The Bertz CT molecular complexity index is 1220. The van der Waals surface area contributed by atoms with Gasteiger partial charge in [-0.2, -0.15) is 0 Å². The van der Waals surface area contributed by atoms with Gasteiger partial charge in [0.15, 0.2) is 0 Å². The molecule has 0 bridgehead atoms. The molecule has 1 unspecified atom stereocenters. The van der Waals surface area contributed by atoms with Crippen molar-refractivity contribution in [2.45, 2.75) is 19.4 Å². The van der Waals surface area contributed by atoms with Crippen LogP contribution in [0.2, 0.25) is 0 Å². The summed E-state index contributed by atoms with van der Waals surface area (Å²) >= 11 is 0. The summed E-state index contributed by atoms with van der Waals surface area (Å²) in [7, 11) is 1.55. The minimum absolute atomic E-state index is 0.0108. The number of aromatic nitrogens is 1. The van der Waals surface area contributed by atoms with Crippen molar-refractivity contribution in [3.05, 3.63) is 101 Å². The third-order valence-corrected chi connectivity index (χ3v) is 5.76. The molecule has 1 aliphatic heterocycles. The highest BCUT2D eigenvalue weighted by Crippen LogP contribution is 2.39. The highest BCUT2D eigenvalue weighted by atomic mass is 19.1. The molecule has 1 amide bonds. The molecule has 2 heterocycles. The van der Waals surface area contributed by atoms with Crippen molar-refractivity contribution in [2.75, 3.05) is 13.7 Å². The molecular weight excluding hydrogens is 423 g/mol. The number of halogens is 1. The van der Waals surface area contributed by atoms with Crippen LogP contribution in [0.25, 0.3) is 5.76 Å². The van der Waals surface area contributed by atoms with E-state index in [4.69, 9.17) is 4.74 Å². The largest absolute Gasteiger partial charge is 0.507 e. The van der Waals surface area contributed by atoms with Crippen molar-refractivity contribution >= 4 is 17.4 Å². The average Bonchev–Trinajstić information content (AvgIpc) is 3.08. The Morgan fingerprint density at radius 2 is 1.91 bits per heavy atom. The second-order valence-corrected chi connectivity index (χ2v) is 7.84. The maximum atomic E-state index is 13.2. The summed E-state index contributed by atoms with van der Waals surface area (Å²) < 4.78 is 18.5. The third-order valence-electron chi connectivity index (χ3n) is 5.76. The van der Waals surface area contributed by atoms with E-state index >= 15 is 0 Å². The summed E-state index contributed by atoms with van der Waals surface area (Å²) in [4.78, 5) is 31.7. The minimum Gasteiger partial charge on any atom is -0.507 e. The van der Waals surface area contributed by atoms with Gasteiger partial charge in [0.1, 0.15) is 17.3 Å². The Hall–Kier alpha value is -4.00. The first-order valence-corrected chi connectivity index (χ1v) is 10.5. The van der Waals surface area contributed by atoms with Crippen molar-refractivity contribution in [2.24, 2.45) is 0 Å². The first kappa shape index (κ1) is 22.2. The molecule has 1 aliphatic rings. The number of hydrogen-bond donors (Lipinski definition) is 1. The lowest BCUT2D eigenvalue weighted by molar-refractivity contribution is -0.139. The van der Waals surface area contributed by atoms with Gasteiger partial charge in [0.2, 0.25) is 0 Å². The van der Waals surface area contributed by atoms with Crippen LogP contribution in [0, 0.1) is 12.7 Å². The van der Waals surface area contributed by atoms with Crippen LogP contribution in [-0.2, 0) is 16.0 Å². The second kappa shape index (κ2) is 9.24. The SMILES string of the molecule is COc1ccc(/C(O)=C2/C(=O)C(=O)N(CCc3ccc(F)cc3)C2c2cccnc2)cc1C. The maximum Gasteiger partial charge on any atom is 0.295 e. The van der Waals surface area contributed by atoms with E-state index in [1.807, 2.05) is 6.92 Å². The van der Waals surface area contributed by atoms with Crippen LogP contribution in [0.1, 0.15) is 28.3 Å². The molecule has 0 radical (unpaired) electrons. The van der Waals surface area contributed by atoms with Crippen molar-refractivity contribution < 1.29 is 23.8 Å². The molecule has 1 saturated heterocycles. The van der Waals surface area contributed by atoms with E-state index in [-0.39, 0.29) is 23.7 Å². The lowest BCUT2D eigenvalue weighted by Crippen LogP contribution is -2.31. The minimum atomic E-state index is -0.790. The average molecular weight is 446 g/mol. The smallest absolute Gasteiger partial charge is 0.295 e. The first-order valence-electron chi connectivity index (χ1n) is 10.5. The molecular formula is C26H23FN2O4. The van der Waals surface area contributed by atoms with E-state index < -0.39 is 17.7 Å². The highest BCUT2D eigenvalue weighted by Gasteiger charge is 2.46. The van der Waals surface area contributed by atoms with Crippen LogP contribution < -0.4 is 4.74 Å². The number of aryl methyl sites for hydroxylation is 1. The molecule has 7 heteroatoms. The van der Waals surface area contributed by atoms with Gasteiger partial charge in [0, 0.05) is 24.5 Å². The predicted molar refractivity (Wildman–Crippen MR) is 121 cm³/mol. The predicted octanol–water partition coefficient (Wildman–Crippen LogP) is 4.20. The number of carbonyl (C=O) groups is 2.